The van der Waals surface area contributed by atoms with E-state index in [0.717, 1.165) is 30.0 Å². The molecule has 2 amide bonds. The molecule has 2 heterocycles. The second kappa shape index (κ2) is 12.9. The van der Waals surface area contributed by atoms with E-state index < -0.39 is 18.3 Å². The Bertz CT molecular complexity index is 1690. The van der Waals surface area contributed by atoms with Crippen molar-refractivity contribution < 1.29 is 22.7 Å². The molecular weight excluding hydrogens is 579 g/mol. The van der Waals surface area contributed by atoms with Gasteiger partial charge in [-0.15, -0.1) is 18.3 Å². The SMILES string of the molecule is CCc1ccccc1N1CCSC1=NC(=O)N=CC(C#N)c1ccc(-c2ncn(-c3ccc(OC(F)(F)F)cc3)n2)cc1. The van der Waals surface area contributed by atoms with Crippen LogP contribution in [-0.2, 0) is 6.42 Å². The lowest BCUT2D eigenvalue weighted by molar-refractivity contribution is -0.274. The summed E-state index contributed by atoms with van der Waals surface area (Å²) in [5.74, 6) is 0.0547. The predicted molar refractivity (Wildman–Crippen MR) is 159 cm³/mol. The molecule has 0 radical (unpaired) electrons. The van der Waals surface area contributed by atoms with Gasteiger partial charge in [-0.25, -0.2) is 19.5 Å². The summed E-state index contributed by atoms with van der Waals surface area (Å²) >= 11 is 1.49. The average molecular weight is 604 g/mol. The van der Waals surface area contributed by atoms with Crippen molar-refractivity contribution in [2.24, 2.45) is 9.98 Å². The number of aliphatic imine (C=N–C) groups is 2. The summed E-state index contributed by atoms with van der Waals surface area (Å²) in [6.45, 7) is 2.82. The maximum atomic E-state index is 12.6. The molecule has 9 nitrogen and oxygen atoms in total. The average Bonchev–Trinajstić information content (AvgIpc) is 3.68. The summed E-state index contributed by atoms with van der Waals surface area (Å²) < 4.78 is 42.5. The number of alkyl halides is 3. The third kappa shape index (κ3) is 7.28. The molecule has 1 unspecified atom stereocenters. The molecule has 3 aromatic carbocycles. The van der Waals surface area contributed by atoms with E-state index >= 15 is 0 Å². The molecule has 1 aliphatic heterocycles. The quantitative estimate of drug-likeness (QED) is 0.214. The highest BCUT2D eigenvalue weighted by Gasteiger charge is 2.31. The number of urea groups is 1. The van der Waals surface area contributed by atoms with Crippen LogP contribution in [0.15, 0.2) is 89.1 Å². The lowest BCUT2D eigenvalue weighted by Crippen LogP contribution is -2.25. The van der Waals surface area contributed by atoms with Crippen molar-refractivity contribution in [3.05, 3.63) is 90.3 Å². The van der Waals surface area contributed by atoms with Crippen molar-refractivity contribution in [3.63, 3.8) is 0 Å². The number of rotatable bonds is 7. The molecule has 218 valence electrons. The van der Waals surface area contributed by atoms with Crippen LogP contribution in [-0.4, -0.2) is 50.8 Å². The van der Waals surface area contributed by atoms with Crippen LogP contribution in [0.25, 0.3) is 17.1 Å². The number of halogens is 3. The third-order valence-electron chi connectivity index (χ3n) is 6.46. The Kier molecular flexibility index (Phi) is 8.87. The Morgan fingerprint density at radius 1 is 1.14 bits per heavy atom. The highest BCUT2D eigenvalue weighted by molar-refractivity contribution is 8.14. The van der Waals surface area contributed by atoms with E-state index in [4.69, 9.17) is 0 Å². The van der Waals surface area contributed by atoms with E-state index in [1.807, 2.05) is 23.1 Å². The van der Waals surface area contributed by atoms with E-state index in [1.54, 1.807) is 24.3 Å². The number of carbonyl (C=O) groups is 1. The molecule has 1 saturated heterocycles. The Morgan fingerprint density at radius 3 is 2.58 bits per heavy atom. The van der Waals surface area contributed by atoms with Gasteiger partial charge in [0.2, 0.25) is 0 Å². The van der Waals surface area contributed by atoms with Gasteiger partial charge in [0.15, 0.2) is 11.0 Å². The van der Waals surface area contributed by atoms with Crippen molar-refractivity contribution in [3.8, 4) is 28.9 Å². The second-order valence-corrected chi connectivity index (χ2v) is 10.3. The number of nitrogens with zero attached hydrogens (tertiary/aromatic N) is 7. The first-order chi connectivity index (χ1) is 20.7. The number of para-hydroxylation sites is 1. The fraction of sp³-hybridized carbons (Fsp3) is 0.200. The summed E-state index contributed by atoms with van der Waals surface area (Å²) in [6.07, 6.45) is -1.20. The summed E-state index contributed by atoms with van der Waals surface area (Å²) in [4.78, 5) is 27.0. The summed E-state index contributed by atoms with van der Waals surface area (Å²) in [7, 11) is 0. The van der Waals surface area contributed by atoms with Gasteiger partial charge in [-0.1, -0.05) is 61.2 Å². The minimum absolute atomic E-state index is 0.339. The van der Waals surface area contributed by atoms with Gasteiger partial charge in [0.1, 0.15) is 18.0 Å². The first kappa shape index (κ1) is 29.5. The largest absolute Gasteiger partial charge is 0.573 e. The molecule has 5 rings (SSSR count). The summed E-state index contributed by atoms with van der Waals surface area (Å²) in [6, 6.07) is 21.6. The minimum atomic E-state index is -4.77. The van der Waals surface area contributed by atoms with Crippen molar-refractivity contribution in [2.45, 2.75) is 25.6 Å². The minimum Gasteiger partial charge on any atom is -0.406 e. The third-order valence-corrected chi connectivity index (χ3v) is 7.42. The smallest absolute Gasteiger partial charge is 0.406 e. The fourth-order valence-electron chi connectivity index (χ4n) is 4.39. The maximum Gasteiger partial charge on any atom is 0.573 e. The Morgan fingerprint density at radius 2 is 1.88 bits per heavy atom. The number of amides is 2. The first-order valence-corrected chi connectivity index (χ1v) is 14.2. The molecule has 4 aromatic rings. The maximum absolute atomic E-state index is 12.6. The number of amidine groups is 1. The Balaban J connectivity index is 1.25. The van der Waals surface area contributed by atoms with Gasteiger partial charge in [0.05, 0.1) is 11.8 Å². The molecular formula is C30H24F3N7O2S. The Hall–Kier alpha value is -4.96. The topological polar surface area (TPSA) is 109 Å². The number of aryl methyl sites for hydroxylation is 1. The van der Waals surface area contributed by atoms with Gasteiger partial charge >= 0.3 is 12.4 Å². The van der Waals surface area contributed by atoms with Crippen LogP contribution in [0.2, 0.25) is 0 Å². The van der Waals surface area contributed by atoms with E-state index in [9.17, 15) is 23.2 Å². The lowest BCUT2D eigenvalue weighted by atomic mass is 10.0. The van der Waals surface area contributed by atoms with Crippen LogP contribution in [0.1, 0.15) is 24.0 Å². The molecule has 1 aromatic heterocycles. The van der Waals surface area contributed by atoms with Gasteiger partial charge < -0.3 is 9.64 Å². The molecule has 0 N–H and O–H groups in total. The van der Waals surface area contributed by atoms with Gasteiger partial charge in [-0.05, 0) is 47.9 Å². The zero-order chi connectivity index (χ0) is 30.4. The van der Waals surface area contributed by atoms with Crippen LogP contribution in [0, 0.1) is 11.3 Å². The van der Waals surface area contributed by atoms with E-state index in [0.29, 0.717) is 27.8 Å². The first-order valence-electron chi connectivity index (χ1n) is 13.2. The van der Waals surface area contributed by atoms with E-state index in [-0.39, 0.29) is 5.75 Å². The number of anilines is 1. The number of hydrogen-bond donors (Lipinski definition) is 0. The summed E-state index contributed by atoms with van der Waals surface area (Å²) in [5.41, 5.74) is 3.95. The molecule has 1 atom stereocenters. The Labute approximate surface area is 249 Å². The zero-order valence-corrected chi connectivity index (χ0v) is 23.6. The number of nitriles is 1. The van der Waals surface area contributed by atoms with E-state index in [1.165, 1.54) is 53.3 Å². The molecule has 0 saturated carbocycles. The van der Waals surface area contributed by atoms with Crippen LogP contribution in [0.5, 0.6) is 5.75 Å². The number of thioether (sulfide) groups is 1. The molecule has 13 heteroatoms. The fourth-order valence-corrected chi connectivity index (χ4v) is 5.34. The molecule has 0 aliphatic carbocycles. The number of benzene rings is 3. The molecule has 1 fully saturated rings. The van der Waals surface area contributed by atoms with E-state index in [2.05, 4.69) is 43.9 Å². The second-order valence-electron chi connectivity index (χ2n) is 9.22. The number of ether oxygens (including phenoxy) is 1. The number of aromatic nitrogens is 3. The van der Waals surface area contributed by atoms with Gasteiger partial charge in [-0.2, -0.15) is 10.3 Å². The number of carbonyl (C=O) groups excluding carboxylic acids is 1. The lowest BCUT2D eigenvalue weighted by Gasteiger charge is -2.20. The molecule has 1 aliphatic rings. The van der Waals surface area contributed by atoms with Gasteiger partial charge in [0, 0.05) is 29.8 Å². The molecule has 0 bridgehead atoms. The molecule has 0 spiro atoms. The predicted octanol–water partition coefficient (Wildman–Crippen LogP) is 6.80. The normalized spacial score (nSPS) is 15.1. The van der Waals surface area contributed by atoms with Crippen molar-refractivity contribution in [1.29, 1.82) is 5.26 Å². The number of hydrogen-bond acceptors (Lipinski definition) is 6. The summed E-state index contributed by atoms with van der Waals surface area (Å²) in [5, 5.41) is 14.7. The van der Waals surface area contributed by atoms with Crippen molar-refractivity contribution >= 4 is 34.9 Å². The van der Waals surface area contributed by atoms with Crippen LogP contribution in [0.3, 0.4) is 0 Å². The van der Waals surface area contributed by atoms with Crippen molar-refractivity contribution in [1.82, 2.24) is 14.8 Å². The highest BCUT2D eigenvalue weighted by Crippen LogP contribution is 2.29. The van der Waals surface area contributed by atoms with Crippen molar-refractivity contribution in [2.75, 3.05) is 17.2 Å². The zero-order valence-electron chi connectivity index (χ0n) is 22.8. The van der Waals surface area contributed by atoms with Crippen LogP contribution < -0.4 is 9.64 Å². The van der Waals surface area contributed by atoms with Crippen LogP contribution >= 0.6 is 11.8 Å². The highest BCUT2D eigenvalue weighted by atomic mass is 32.2. The van der Waals surface area contributed by atoms with Crippen LogP contribution in [0.4, 0.5) is 23.7 Å². The molecule has 43 heavy (non-hydrogen) atoms. The van der Waals surface area contributed by atoms with Gasteiger partial charge in [-0.3, -0.25) is 0 Å². The van der Waals surface area contributed by atoms with Gasteiger partial charge in [0.25, 0.3) is 0 Å². The monoisotopic (exact) mass is 603 g/mol. The standard InChI is InChI=1S/C30H24F3N7O2S/c1-2-20-5-3-4-6-26(20)39-15-16-43-29(39)37-28(41)35-18-23(17-34)21-7-9-22(10-8-21)27-36-19-40(38-27)24-11-13-25(14-12-24)42-30(31,32)33/h3-14,18-19,23H,2,15-16H2,1H3.